The number of hydrogen-bond acceptors (Lipinski definition) is 3. The zero-order chi connectivity index (χ0) is 19.2. The van der Waals surface area contributed by atoms with E-state index in [0.717, 1.165) is 17.4 Å². The van der Waals surface area contributed by atoms with Gasteiger partial charge in [-0.3, -0.25) is 9.52 Å². The summed E-state index contributed by atoms with van der Waals surface area (Å²) in [5.41, 5.74) is 2.88. The summed E-state index contributed by atoms with van der Waals surface area (Å²) in [5, 5.41) is 2.79. The van der Waals surface area contributed by atoms with E-state index in [4.69, 9.17) is 0 Å². The van der Waals surface area contributed by atoms with Crippen LogP contribution in [0.2, 0.25) is 0 Å². The zero-order valence-corrected chi connectivity index (χ0v) is 15.8. The molecule has 2 rings (SSSR count). The third kappa shape index (κ3) is 5.32. The highest BCUT2D eigenvalue weighted by molar-refractivity contribution is 7.92. The molecule has 2 aromatic carbocycles. The second-order valence-electron chi connectivity index (χ2n) is 5.70. The van der Waals surface area contributed by atoms with Crippen molar-refractivity contribution in [2.24, 2.45) is 0 Å². The molecule has 0 aromatic heterocycles. The van der Waals surface area contributed by atoms with E-state index in [9.17, 15) is 13.2 Å². The van der Waals surface area contributed by atoms with Gasteiger partial charge in [-0.25, -0.2) is 8.42 Å². The Morgan fingerprint density at radius 1 is 1.04 bits per heavy atom. The van der Waals surface area contributed by atoms with Gasteiger partial charge >= 0.3 is 0 Å². The Morgan fingerprint density at radius 2 is 1.73 bits per heavy atom. The molecule has 0 saturated heterocycles. The lowest BCUT2D eigenvalue weighted by molar-refractivity contribution is 0.102. The molecule has 26 heavy (non-hydrogen) atoms. The number of amides is 1. The van der Waals surface area contributed by atoms with Gasteiger partial charge in [0.2, 0.25) is 10.0 Å². The molecule has 5 nitrogen and oxygen atoms in total. The van der Waals surface area contributed by atoms with E-state index < -0.39 is 10.0 Å². The van der Waals surface area contributed by atoms with Gasteiger partial charge < -0.3 is 5.32 Å². The number of carbonyl (C=O) groups excluding carboxylic acids is 1. The van der Waals surface area contributed by atoms with Crippen LogP contribution in [0.3, 0.4) is 0 Å². The molecule has 2 aromatic rings. The fraction of sp³-hybridized carbons (Fsp3) is 0.150. The third-order valence-electron chi connectivity index (χ3n) is 3.58. The maximum absolute atomic E-state index is 12.8. The summed E-state index contributed by atoms with van der Waals surface area (Å²) in [6, 6.07) is 14.1. The van der Waals surface area contributed by atoms with Crippen molar-refractivity contribution in [3.63, 3.8) is 0 Å². The number of anilines is 2. The van der Waals surface area contributed by atoms with Crippen molar-refractivity contribution in [1.29, 1.82) is 0 Å². The minimum Gasteiger partial charge on any atom is -0.322 e. The highest BCUT2D eigenvalue weighted by atomic mass is 32.2. The van der Waals surface area contributed by atoms with Gasteiger partial charge in [0.15, 0.2) is 0 Å². The quantitative estimate of drug-likeness (QED) is 0.745. The van der Waals surface area contributed by atoms with Crippen LogP contribution >= 0.6 is 0 Å². The number of allylic oxidation sites excluding steroid dienone is 4. The van der Waals surface area contributed by atoms with E-state index in [-0.39, 0.29) is 17.2 Å². The molecule has 0 fully saturated rings. The van der Waals surface area contributed by atoms with E-state index >= 15 is 0 Å². The SMILES string of the molecule is C/C=C\C(=C/C)c1ccc(NS(C)(=O)=O)c(C(=O)Nc2ccccc2)c1. The van der Waals surface area contributed by atoms with Crippen molar-refractivity contribution in [1.82, 2.24) is 0 Å². The van der Waals surface area contributed by atoms with Crippen molar-refractivity contribution in [3.8, 4) is 0 Å². The minimum absolute atomic E-state index is 0.237. The first-order chi connectivity index (χ1) is 12.3. The number of rotatable bonds is 6. The number of sulfonamides is 1. The predicted octanol–water partition coefficient (Wildman–Crippen LogP) is 4.29. The van der Waals surface area contributed by atoms with Crippen LogP contribution in [0.25, 0.3) is 5.57 Å². The van der Waals surface area contributed by atoms with Crippen LogP contribution in [-0.2, 0) is 10.0 Å². The van der Waals surface area contributed by atoms with Crippen LogP contribution in [0.5, 0.6) is 0 Å². The second kappa shape index (κ2) is 8.49. The van der Waals surface area contributed by atoms with E-state index in [1.807, 2.05) is 50.3 Å². The molecule has 0 atom stereocenters. The van der Waals surface area contributed by atoms with Crippen molar-refractivity contribution >= 4 is 32.9 Å². The topological polar surface area (TPSA) is 75.3 Å². The molecular formula is C20H22N2O3S. The molecule has 1 amide bonds. The summed E-state index contributed by atoms with van der Waals surface area (Å²) in [6.07, 6.45) is 6.81. The number of nitrogens with one attached hydrogen (secondary N) is 2. The maximum atomic E-state index is 12.8. The monoisotopic (exact) mass is 370 g/mol. The van der Waals surface area contributed by atoms with E-state index in [0.29, 0.717) is 5.69 Å². The van der Waals surface area contributed by atoms with E-state index in [1.165, 1.54) is 0 Å². The molecule has 0 saturated carbocycles. The molecule has 0 bridgehead atoms. The number of benzene rings is 2. The minimum atomic E-state index is -3.51. The van der Waals surface area contributed by atoms with Gasteiger partial charge in [0.05, 0.1) is 17.5 Å². The standard InChI is InChI=1S/C20H22N2O3S/c1-4-9-15(5-2)16-12-13-19(22-26(3,24)25)18(14-16)20(23)21-17-10-7-6-8-11-17/h4-14,22H,1-3H3,(H,21,23)/b9-4-,15-5+. The van der Waals surface area contributed by atoms with Gasteiger partial charge in [0.1, 0.15) is 0 Å². The lowest BCUT2D eigenvalue weighted by Crippen LogP contribution is -2.17. The van der Waals surface area contributed by atoms with E-state index in [1.54, 1.807) is 30.3 Å². The van der Waals surface area contributed by atoms with Crippen molar-refractivity contribution in [3.05, 3.63) is 77.9 Å². The average molecular weight is 370 g/mol. The largest absolute Gasteiger partial charge is 0.322 e. The molecule has 0 heterocycles. The molecule has 0 aliphatic carbocycles. The van der Waals surface area contributed by atoms with Crippen LogP contribution < -0.4 is 10.0 Å². The Kier molecular flexibility index (Phi) is 6.36. The van der Waals surface area contributed by atoms with Gasteiger partial charge in [-0.2, -0.15) is 0 Å². The van der Waals surface area contributed by atoms with Crippen molar-refractivity contribution < 1.29 is 13.2 Å². The van der Waals surface area contributed by atoms with E-state index in [2.05, 4.69) is 10.0 Å². The van der Waals surface area contributed by atoms with Gasteiger partial charge in [0, 0.05) is 5.69 Å². The first-order valence-corrected chi connectivity index (χ1v) is 10.0. The molecule has 0 radical (unpaired) electrons. The molecule has 6 heteroatoms. The summed E-state index contributed by atoms with van der Waals surface area (Å²) in [4.78, 5) is 12.8. The Bertz CT molecular complexity index is 946. The van der Waals surface area contributed by atoms with Gasteiger partial charge in [-0.1, -0.05) is 42.5 Å². The van der Waals surface area contributed by atoms with Crippen LogP contribution in [0.15, 0.2) is 66.8 Å². The van der Waals surface area contributed by atoms with Crippen LogP contribution in [0.4, 0.5) is 11.4 Å². The molecule has 136 valence electrons. The molecule has 2 N–H and O–H groups in total. The molecular weight excluding hydrogens is 348 g/mol. The second-order valence-corrected chi connectivity index (χ2v) is 7.45. The molecule has 0 spiro atoms. The van der Waals surface area contributed by atoms with Gasteiger partial charge in [-0.05, 0) is 49.2 Å². The van der Waals surface area contributed by atoms with Gasteiger partial charge in [0.25, 0.3) is 5.91 Å². The summed E-state index contributed by atoms with van der Waals surface area (Å²) in [6.45, 7) is 3.81. The first kappa shape index (κ1) is 19.5. The summed E-state index contributed by atoms with van der Waals surface area (Å²) in [7, 11) is -3.51. The Hall–Kier alpha value is -2.86. The van der Waals surface area contributed by atoms with Crippen LogP contribution in [-0.4, -0.2) is 20.6 Å². The Balaban J connectivity index is 2.48. The predicted molar refractivity (Wildman–Crippen MR) is 108 cm³/mol. The smallest absolute Gasteiger partial charge is 0.257 e. The Morgan fingerprint density at radius 3 is 2.31 bits per heavy atom. The molecule has 0 unspecified atom stereocenters. The average Bonchev–Trinajstić information content (AvgIpc) is 2.59. The summed E-state index contributed by atoms with van der Waals surface area (Å²) in [5.74, 6) is -0.389. The number of hydrogen-bond donors (Lipinski definition) is 2. The third-order valence-corrected chi connectivity index (χ3v) is 4.17. The normalized spacial score (nSPS) is 12.2. The number of carbonyl (C=O) groups is 1. The maximum Gasteiger partial charge on any atom is 0.257 e. The molecule has 0 aliphatic rings. The van der Waals surface area contributed by atoms with Crippen molar-refractivity contribution in [2.75, 3.05) is 16.3 Å². The lowest BCUT2D eigenvalue weighted by atomic mass is 10.0. The van der Waals surface area contributed by atoms with Crippen LogP contribution in [0, 0.1) is 0 Å². The fourth-order valence-corrected chi connectivity index (χ4v) is 3.04. The highest BCUT2D eigenvalue weighted by Gasteiger charge is 2.16. The summed E-state index contributed by atoms with van der Waals surface area (Å²) >= 11 is 0. The first-order valence-electron chi connectivity index (χ1n) is 8.11. The fourth-order valence-electron chi connectivity index (χ4n) is 2.46. The van der Waals surface area contributed by atoms with Crippen LogP contribution in [0.1, 0.15) is 29.8 Å². The molecule has 0 aliphatic heterocycles. The zero-order valence-electron chi connectivity index (χ0n) is 15.0. The number of para-hydroxylation sites is 1. The van der Waals surface area contributed by atoms with Crippen molar-refractivity contribution in [2.45, 2.75) is 13.8 Å². The summed E-state index contributed by atoms with van der Waals surface area (Å²) < 4.78 is 25.7. The van der Waals surface area contributed by atoms with Gasteiger partial charge in [-0.15, -0.1) is 0 Å². The Labute approximate surface area is 154 Å². The highest BCUT2D eigenvalue weighted by Crippen LogP contribution is 2.25. The lowest BCUT2D eigenvalue weighted by Gasteiger charge is -2.13.